The predicted octanol–water partition coefficient (Wildman–Crippen LogP) is 6.55. The van der Waals surface area contributed by atoms with Gasteiger partial charge in [-0.25, -0.2) is 0 Å². The third kappa shape index (κ3) is 4.86. The van der Waals surface area contributed by atoms with Crippen molar-refractivity contribution in [2.24, 2.45) is 0 Å². The molecule has 0 saturated carbocycles. The molecule has 1 amide bonds. The summed E-state index contributed by atoms with van der Waals surface area (Å²) in [6.45, 7) is 0.400. The highest BCUT2D eigenvalue weighted by Crippen LogP contribution is 2.43. The van der Waals surface area contributed by atoms with E-state index in [0.29, 0.717) is 29.4 Å². The smallest absolute Gasteiger partial charge is 0.300 e. The first-order valence-corrected chi connectivity index (χ1v) is 12.3. The number of nitrogens with zero attached hydrogens (tertiary/aromatic N) is 1. The number of anilines is 1. The molecule has 1 fully saturated rings. The lowest BCUT2D eigenvalue weighted by molar-refractivity contribution is -0.132. The van der Waals surface area contributed by atoms with Crippen molar-refractivity contribution in [1.82, 2.24) is 0 Å². The number of ether oxygens (including phenoxy) is 2. The summed E-state index contributed by atoms with van der Waals surface area (Å²) in [5.74, 6) is -0.847. The normalized spacial score (nSPS) is 16.5. The van der Waals surface area contributed by atoms with Gasteiger partial charge in [0.05, 0.1) is 23.7 Å². The number of benzene rings is 4. The van der Waals surface area contributed by atoms with Crippen LogP contribution in [0.2, 0.25) is 5.02 Å². The monoisotopic (exact) mass is 525 g/mol. The van der Waals surface area contributed by atoms with Gasteiger partial charge in [-0.15, -0.1) is 0 Å². The third-order valence-electron chi connectivity index (χ3n) is 6.35. The second-order valence-electron chi connectivity index (χ2n) is 8.69. The Morgan fingerprint density at radius 1 is 0.868 bits per heavy atom. The molecule has 0 aromatic heterocycles. The Bertz CT molecular complexity index is 1500. The van der Waals surface area contributed by atoms with Crippen LogP contribution in [0.15, 0.2) is 109 Å². The molecule has 4 aromatic carbocycles. The zero-order chi connectivity index (χ0) is 26.6. The summed E-state index contributed by atoms with van der Waals surface area (Å²) in [5.41, 5.74) is 2.32. The Morgan fingerprint density at radius 3 is 2.16 bits per heavy atom. The molecule has 0 bridgehead atoms. The van der Waals surface area contributed by atoms with E-state index in [2.05, 4.69) is 0 Å². The molecular weight excluding hydrogens is 502 g/mol. The molecule has 1 heterocycles. The number of aliphatic hydroxyl groups is 1. The van der Waals surface area contributed by atoms with Crippen molar-refractivity contribution in [3.63, 3.8) is 0 Å². The van der Waals surface area contributed by atoms with Crippen LogP contribution in [0.5, 0.6) is 11.5 Å². The van der Waals surface area contributed by atoms with Gasteiger partial charge >= 0.3 is 0 Å². The average Bonchev–Trinajstić information content (AvgIpc) is 3.23. The first-order valence-electron chi connectivity index (χ1n) is 11.9. The van der Waals surface area contributed by atoms with Gasteiger partial charge in [-0.1, -0.05) is 72.3 Å². The topological polar surface area (TPSA) is 76.1 Å². The number of hydrogen-bond acceptors (Lipinski definition) is 5. The summed E-state index contributed by atoms with van der Waals surface area (Å²) in [7, 11) is 1.49. The van der Waals surface area contributed by atoms with Crippen LogP contribution in [0.3, 0.4) is 0 Å². The SMILES string of the molecule is COc1ccc(Cl)c(/C(O)=C2\C(=O)C(=O)N(c3ccccc3)C2c2ccc(OCc3ccccc3)cc2)c1. The van der Waals surface area contributed by atoms with E-state index >= 15 is 0 Å². The summed E-state index contributed by atoms with van der Waals surface area (Å²) in [6.07, 6.45) is 0. The molecular formula is C31H24ClNO5. The van der Waals surface area contributed by atoms with Crippen molar-refractivity contribution >= 4 is 34.7 Å². The van der Waals surface area contributed by atoms with Crippen molar-refractivity contribution in [3.8, 4) is 11.5 Å². The molecule has 190 valence electrons. The second kappa shape index (κ2) is 10.8. The number of amides is 1. The zero-order valence-corrected chi connectivity index (χ0v) is 21.3. The number of ketones is 1. The third-order valence-corrected chi connectivity index (χ3v) is 6.68. The molecule has 38 heavy (non-hydrogen) atoms. The van der Waals surface area contributed by atoms with Gasteiger partial charge in [0.1, 0.15) is 23.9 Å². The van der Waals surface area contributed by atoms with Crippen LogP contribution in [0.4, 0.5) is 5.69 Å². The maximum Gasteiger partial charge on any atom is 0.300 e. The lowest BCUT2D eigenvalue weighted by Gasteiger charge is -2.25. The maximum absolute atomic E-state index is 13.4. The molecule has 4 aromatic rings. The first-order chi connectivity index (χ1) is 18.5. The molecule has 1 saturated heterocycles. The largest absolute Gasteiger partial charge is 0.507 e. The molecule has 0 radical (unpaired) electrons. The molecule has 1 aliphatic rings. The van der Waals surface area contributed by atoms with Crippen LogP contribution in [-0.4, -0.2) is 23.9 Å². The van der Waals surface area contributed by atoms with Gasteiger partial charge < -0.3 is 14.6 Å². The number of Topliss-reactive ketones (excluding diaryl/α,β-unsaturated/α-hetero) is 1. The van der Waals surface area contributed by atoms with Crippen LogP contribution in [0, 0.1) is 0 Å². The van der Waals surface area contributed by atoms with E-state index < -0.39 is 17.7 Å². The van der Waals surface area contributed by atoms with Gasteiger partial charge in [-0.05, 0) is 53.6 Å². The highest BCUT2D eigenvalue weighted by molar-refractivity contribution is 6.52. The highest BCUT2D eigenvalue weighted by atomic mass is 35.5. The van der Waals surface area contributed by atoms with Gasteiger partial charge in [0, 0.05) is 11.3 Å². The van der Waals surface area contributed by atoms with E-state index in [1.54, 1.807) is 60.7 Å². The molecule has 1 unspecified atom stereocenters. The molecule has 5 rings (SSSR count). The number of halogens is 1. The molecule has 1 aliphatic heterocycles. The fourth-order valence-corrected chi connectivity index (χ4v) is 4.66. The predicted molar refractivity (Wildman–Crippen MR) is 146 cm³/mol. The van der Waals surface area contributed by atoms with E-state index in [1.807, 2.05) is 36.4 Å². The summed E-state index contributed by atoms with van der Waals surface area (Å²) in [6, 6.07) is 29.7. The molecule has 1 atom stereocenters. The number of rotatable bonds is 7. The number of carbonyl (C=O) groups excluding carboxylic acids is 2. The number of methoxy groups -OCH3 is 1. The van der Waals surface area contributed by atoms with Gasteiger partial charge in [0.2, 0.25) is 0 Å². The Morgan fingerprint density at radius 2 is 1.50 bits per heavy atom. The molecule has 0 spiro atoms. The first kappa shape index (κ1) is 25.1. The van der Waals surface area contributed by atoms with Crippen LogP contribution >= 0.6 is 11.6 Å². The van der Waals surface area contributed by atoms with Crippen molar-refractivity contribution in [3.05, 3.63) is 130 Å². The molecule has 7 heteroatoms. The lowest BCUT2D eigenvalue weighted by atomic mass is 9.95. The maximum atomic E-state index is 13.4. The Hall–Kier alpha value is -4.55. The van der Waals surface area contributed by atoms with E-state index in [-0.39, 0.29) is 21.9 Å². The van der Waals surface area contributed by atoms with Crippen LogP contribution < -0.4 is 14.4 Å². The van der Waals surface area contributed by atoms with Gasteiger partial charge in [0.25, 0.3) is 11.7 Å². The highest BCUT2D eigenvalue weighted by Gasteiger charge is 2.47. The van der Waals surface area contributed by atoms with Gasteiger partial charge in [-0.2, -0.15) is 0 Å². The fraction of sp³-hybridized carbons (Fsp3) is 0.0968. The zero-order valence-electron chi connectivity index (χ0n) is 20.5. The molecule has 6 nitrogen and oxygen atoms in total. The van der Waals surface area contributed by atoms with Crippen LogP contribution in [0.25, 0.3) is 5.76 Å². The number of carbonyl (C=O) groups is 2. The minimum Gasteiger partial charge on any atom is -0.507 e. The average molecular weight is 526 g/mol. The fourth-order valence-electron chi connectivity index (χ4n) is 4.45. The molecule has 0 aliphatic carbocycles. The minimum atomic E-state index is -0.886. The summed E-state index contributed by atoms with van der Waals surface area (Å²) in [5, 5.41) is 11.6. The van der Waals surface area contributed by atoms with Crippen molar-refractivity contribution in [1.29, 1.82) is 0 Å². The van der Waals surface area contributed by atoms with Crippen LogP contribution in [-0.2, 0) is 16.2 Å². The van der Waals surface area contributed by atoms with Crippen molar-refractivity contribution in [2.75, 3.05) is 12.0 Å². The molecule has 1 N–H and O–H groups in total. The van der Waals surface area contributed by atoms with E-state index in [1.165, 1.54) is 18.1 Å². The summed E-state index contributed by atoms with van der Waals surface area (Å²) < 4.78 is 11.2. The quantitative estimate of drug-likeness (QED) is 0.168. The van der Waals surface area contributed by atoms with E-state index in [9.17, 15) is 14.7 Å². The van der Waals surface area contributed by atoms with Crippen molar-refractivity contribution in [2.45, 2.75) is 12.6 Å². The minimum absolute atomic E-state index is 0.0630. The van der Waals surface area contributed by atoms with Gasteiger partial charge in [-0.3, -0.25) is 14.5 Å². The summed E-state index contributed by atoms with van der Waals surface area (Å²) in [4.78, 5) is 28.1. The van der Waals surface area contributed by atoms with Crippen molar-refractivity contribution < 1.29 is 24.2 Å². The lowest BCUT2D eigenvalue weighted by Crippen LogP contribution is -2.29. The Kier molecular flexibility index (Phi) is 7.15. The Labute approximate surface area is 225 Å². The van der Waals surface area contributed by atoms with Gasteiger partial charge in [0.15, 0.2) is 0 Å². The van der Waals surface area contributed by atoms with E-state index in [4.69, 9.17) is 21.1 Å². The standard InChI is InChI=1S/C31H24ClNO5/c1-37-24-16-17-26(32)25(18-24)29(34)27-28(33(31(36)30(27)35)22-10-6-3-7-11-22)21-12-14-23(15-13-21)38-19-20-8-4-2-5-9-20/h2-18,28,34H,19H2,1H3/b29-27+. The van der Waals surface area contributed by atoms with Crippen LogP contribution in [0.1, 0.15) is 22.7 Å². The number of hydrogen-bond donors (Lipinski definition) is 1. The van der Waals surface area contributed by atoms with E-state index in [0.717, 1.165) is 5.56 Å². The second-order valence-corrected chi connectivity index (χ2v) is 9.10. The number of para-hydroxylation sites is 1. The summed E-state index contributed by atoms with van der Waals surface area (Å²) >= 11 is 6.39. The number of aliphatic hydroxyl groups excluding tert-OH is 1. The Balaban J connectivity index is 1.58.